The number of hydrogen-bond donors (Lipinski definition) is 1. The normalized spacial score (nSPS) is 32.4. The predicted octanol–water partition coefficient (Wildman–Crippen LogP) is 1.23. The van der Waals surface area contributed by atoms with Gasteiger partial charge in [-0.05, 0) is 65.6 Å². The fourth-order valence-corrected chi connectivity index (χ4v) is 3.27. The summed E-state index contributed by atoms with van der Waals surface area (Å²) in [5.41, 5.74) is -0.726. The molecular weight excluding hydrogens is 266 g/mol. The Balaban J connectivity index is 1.96. The van der Waals surface area contributed by atoms with Gasteiger partial charge in [-0.15, -0.1) is 0 Å². The monoisotopic (exact) mass is 295 g/mol. The molecule has 0 aliphatic carbocycles. The van der Waals surface area contributed by atoms with E-state index in [2.05, 4.69) is 17.3 Å². The molecule has 1 N–H and O–H groups in total. The predicted molar refractivity (Wildman–Crippen MR) is 82.9 cm³/mol. The lowest BCUT2D eigenvalue weighted by Gasteiger charge is -2.43. The highest BCUT2D eigenvalue weighted by Crippen LogP contribution is 2.24. The molecule has 2 fully saturated rings. The van der Waals surface area contributed by atoms with Crippen molar-refractivity contribution in [2.24, 2.45) is 5.92 Å². The lowest BCUT2D eigenvalue weighted by molar-refractivity contribution is -0.154. The highest BCUT2D eigenvalue weighted by atomic mass is 16.2. The number of hydrogen-bond acceptors (Lipinski definition) is 3. The zero-order chi connectivity index (χ0) is 15.6. The molecule has 2 aliphatic heterocycles. The van der Waals surface area contributed by atoms with Crippen LogP contribution in [0, 0.1) is 5.92 Å². The Labute approximate surface area is 128 Å². The van der Waals surface area contributed by atoms with Gasteiger partial charge in [0.2, 0.25) is 11.8 Å². The first-order valence-corrected chi connectivity index (χ1v) is 8.19. The van der Waals surface area contributed by atoms with Crippen molar-refractivity contribution in [3.63, 3.8) is 0 Å². The highest BCUT2D eigenvalue weighted by Gasteiger charge is 2.45. The lowest BCUT2D eigenvalue weighted by atomic mass is 9.90. The lowest BCUT2D eigenvalue weighted by Crippen LogP contribution is -2.68. The molecule has 2 rings (SSSR count). The van der Waals surface area contributed by atoms with Gasteiger partial charge in [-0.1, -0.05) is 6.92 Å². The number of nitrogens with zero attached hydrogens (tertiary/aromatic N) is 2. The Kier molecular flexibility index (Phi) is 4.91. The summed E-state index contributed by atoms with van der Waals surface area (Å²) >= 11 is 0. The van der Waals surface area contributed by atoms with E-state index in [-0.39, 0.29) is 17.9 Å². The second-order valence-corrected chi connectivity index (χ2v) is 6.88. The SMILES string of the molecule is CCC1(C)NC(=O)C(C)N(CCC2CCN(C)CC2)C1=O. The van der Waals surface area contributed by atoms with E-state index in [0.717, 1.165) is 19.5 Å². The van der Waals surface area contributed by atoms with Crippen LogP contribution < -0.4 is 5.32 Å². The van der Waals surface area contributed by atoms with Crippen LogP contribution >= 0.6 is 0 Å². The van der Waals surface area contributed by atoms with Crippen LogP contribution in [0.2, 0.25) is 0 Å². The molecular formula is C16H29N3O2. The maximum Gasteiger partial charge on any atom is 0.248 e. The van der Waals surface area contributed by atoms with Crippen molar-refractivity contribution in [3.05, 3.63) is 0 Å². The molecule has 0 aromatic heterocycles. The van der Waals surface area contributed by atoms with E-state index in [4.69, 9.17) is 0 Å². The highest BCUT2D eigenvalue weighted by molar-refractivity contribution is 5.99. The summed E-state index contributed by atoms with van der Waals surface area (Å²) in [7, 11) is 2.16. The van der Waals surface area contributed by atoms with Crippen molar-refractivity contribution in [1.29, 1.82) is 0 Å². The minimum atomic E-state index is -0.726. The van der Waals surface area contributed by atoms with E-state index in [9.17, 15) is 9.59 Å². The van der Waals surface area contributed by atoms with Crippen molar-refractivity contribution in [2.45, 2.75) is 58.0 Å². The van der Waals surface area contributed by atoms with Gasteiger partial charge in [-0.2, -0.15) is 0 Å². The molecule has 5 nitrogen and oxygen atoms in total. The fraction of sp³-hybridized carbons (Fsp3) is 0.875. The Morgan fingerprint density at radius 1 is 1.29 bits per heavy atom. The summed E-state index contributed by atoms with van der Waals surface area (Å²) in [5.74, 6) is 0.728. The van der Waals surface area contributed by atoms with E-state index in [1.807, 2.05) is 20.8 Å². The van der Waals surface area contributed by atoms with Gasteiger partial charge in [-0.25, -0.2) is 0 Å². The van der Waals surface area contributed by atoms with Crippen molar-refractivity contribution >= 4 is 11.8 Å². The van der Waals surface area contributed by atoms with Gasteiger partial charge in [0, 0.05) is 6.54 Å². The molecule has 0 aromatic carbocycles. The minimum Gasteiger partial charge on any atom is -0.340 e. The van der Waals surface area contributed by atoms with E-state index >= 15 is 0 Å². The van der Waals surface area contributed by atoms with Crippen molar-refractivity contribution in [3.8, 4) is 0 Å². The molecule has 2 saturated heterocycles. The van der Waals surface area contributed by atoms with Gasteiger partial charge in [0.25, 0.3) is 0 Å². The quantitative estimate of drug-likeness (QED) is 0.849. The molecule has 0 bridgehead atoms. The van der Waals surface area contributed by atoms with Crippen LogP contribution in [0.5, 0.6) is 0 Å². The summed E-state index contributed by atoms with van der Waals surface area (Å²) in [6.07, 6.45) is 4.04. The fourth-order valence-electron chi connectivity index (χ4n) is 3.27. The topological polar surface area (TPSA) is 52.7 Å². The molecule has 0 aromatic rings. The van der Waals surface area contributed by atoms with Gasteiger partial charge in [0.15, 0.2) is 0 Å². The Bertz CT molecular complexity index is 404. The first-order valence-electron chi connectivity index (χ1n) is 8.19. The zero-order valence-electron chi connectivity index (χ0n) is 13.8. The van der Waals surface area contributed by atoms with Gasteiger partial charge in [0.05, 0.1) is 0 Å². The Morgan fingerprint density at radius 3 is 2.48 bits per heavy atom. The number of nitrogens with one attached hydrogen (secondary N) is 1. The van der Waals surface area contributed by atoms with Gasteiger partial charge in [-0.3, -0.25) is 9.59 Å². The second-order valence-electron chi connectivity index (χ2n) is 6.88. The van der Waals surface area contributed by atoms with Crippen LogP contribution in [0.1, 0.15) is 46.5 Å². The van der Waals surface area contributed by atoms with E-state index in [1.165, 1.54) is 12.8 Å². The molecule has 2 amide bonds. The molecule has 2 aliphatic rings. The van der Waals surface area contributed by atoms with E-state index in [0.29, 0.717) is 18.9 Å². The third-order valence-corrected chi connectivity index (χ3v) is 5.30. The smallest absolute Gasteiger partial charge is 0.248 e. The van der Waals surface area contributed by atoms with Crippen LogP contribution in [-0.2, 0) is 9.59 Å². The summed E-state index contributed by atoms with van der Waals surface area (Å²) in [6.45, 7) is 8.60. The molecule has 0 spiro atoms. The zero-order valence-corrected chi connectivity index (χ0v) is 13.8. The van der Waals surface area contributed by atoms with Crippen LogP contribution in [0.15, 0.2) is 0 Å². The molecule has 2 heterocycles. The maximum atomic E-state index is 12.7. The summed E-state index contributed by atoms with van der Waals surface area (Å²) < 4.78 is 0. The first-order chi connectivity index (χ1) is 9.87. The summed E-state index contributed by atoms with van der Waals surface area (Å²) in [6, 6.07) is -0.344. The van der Waals surface area contributed by atoms with Crippen molar-refractivity contribution < 1.29 is 9.59 Å². The number of rotatable bonds is 4. The summed E-state index contributed by atoms with van der Waals surface area (Å²) in [5, 5.41) is 2.88. The van der Waals surface area contributed by atoms with Crippen LogP contribution in [0.3, 0.4) is 0 Å². The van der Waals surface area contributed by atoms with Gasteiger partial charge in [0.1, 0.15) is 11.6 Å². The molecule has 21 heavy (non-hydrogen) atoms. The van der Waals surface area contributed by atoms with Gasteiger partial charge < -0.3 is 15.1 Å². The molecule has 0 saturated carbocycles. The number of piperidine rings is 1. The van der Waals surface area contributed by atoms with Crippen molar-refractivity contribution in [2.75, 3.05) is 26.7 Å². The average molecular weight is 295 g/mol. The molecule has 0 radical (unpaired) electrons. The van der Waals surface area contributed by atoms with Crippen LogP contribution in [-0.4, -0.2) is 59.9 Å². The third-order valence-electron chi connectivity index (χ3n) is 5.30. The molecule has 120 valence electrons. The molecule has 5 heteroatoms. The number of likely N-dealkylation sites (tertiary alicyclic amines) is 1. The van der Waals surface area contributed by atoms with Crippen molar-refractivity contribution in [1.82, 2.24) is 15.1 Å². The number of carbonyl (C=O) groups excluding carboxylic acids is 2. The minimum absolute atomic E-state index is 0.0256. The van der Waals surface area contributed by atoms with E-state index < -0.39 is 5.54 Å². The Morgan fingerprint density at radius 2 is 1.90 bits per heavy atom. The van der Waals surface area contributed by atoms with Crippen LogP contribution in [0.4, 0.5) is 0 Å². The number of piperazine rings is 1. The summed E-state index contributed by atoms with van der Waals surface area (Å²) in [4.78, 5) is 28.9. The van der Waals surface area contributed by atoms with E-state index in [1.54, 1.807) is 4.90 Å². The number of amides is 2. The largest absolute Gasteiger partial charge is 0.340 e. The Hall–Kier alpha value is -1.10. The van der Waals surface area contributed by atoms with Crippen LogP contribution in [0.25, 0.3) is 0 Å². The number of carbonyl (C=O) groups is 2. The maximum absolute atomic E-state index is 12.7. The molecule has 2 unspecified atom stereocenters. The standard InChI is InChI=1S/C16H29N3O2/c1-5-16(3)15(21)19(12(2)14(20)17-16)11-8-13-6-9-18(4)10-7-13/h12-13H,5-11H2,1-4H3,(H,17,20). The average Bonchev–Trinajstić information content (AvgIpc) is 2.47. The third kappa shape index (κ3) is 3.39. The first kappa shape index (κ1) is 16.3. The molecule has 2 atom stereocenters. The second kappa shape index (κ2) is 6.34. The van der Waals surface area contributed by atoms with Gasteiger partial charge >= 0.3 is 0 Å².